The standard InChI is InChI=1S/C17H24N4O3S/c1-11(2)21-16(7-8-18-21)19-17(22)14-9-12(3)13(4)15(10-14)25(23,24)20(5)6/h7-11H,1-6H3,(H,19,22). The first-order chi connectivity index (χ1) is 11.6. The largest absolute Gasteiger partial charge is 0.307 e. The maximum Gasteiger partial charge on any atom is 0.256 e. The minimum Gasteiger partial charge on any atom is -0.307 e. The zero-order chi connectivity index (χ0) is 18.9. The van der Waals surface area contributed by atoms with Crippen molar-refractivity contribution in [1.82, 2.24) is 14.1 Å². The van der Waals surface area contributed by atoms with Crippen molar-refractivity contribution >= 4 is 21.7 Å². The van der Waals surface area contributed by atoms with Gasteiger partial charge >= 0.3 is 0 Å². The molecule has 0 atom stereocenters. The molecule has 0 fully saturated rings. The summed E-state index contributed by atoms with van der Waals surface area (Å²) < 4.78 is 27.9. The van der Waals surface area contributed by atoms with Crippen LogP contribution >= 0.6 is 0 Å². The first-order valence-electron chi connectivity index (χ1n) is 7.94. The Morgan fingerprint density at radius 1 is 1.24 bits per heavy atom. The highest BCUT2D eigenvalue weighted by Gasteiger charge is 2.23. The number of nitrogens with one attached hydrogen (secondary N) is 1. The molecule has 0 spiro atoms. The minimum absolute atomic E-state index is 0.0923. The molecule has 7 nitrogen and oxygen atoms in total. The molecule has 1 amide bonds. The van der Waals surface area contributed by atoms with Crippen molar-refractivity contribution in [3.8, 4) is 0 Å². The van der Waals surface area contributed by atoms with Crippen LogP contribution in [0.5, 0.6) is 0 Å². The van der Waals surface area contributed by atoms with E-state index in [9.17, 15) is 13.2 Å². The molecule has 136 valence electrons. The third-order valence-corrected chi connectivity index (χ3v) is 5.98. The number of carbonyl (C=O) groups is 1. The Morgan fingerprint density at radius 2 is 1.88 bits per heavy atom. The zero-order valence-corrected chi connectivity index (χ0v) is 16.2. The van der Waals surface area contributed by atoms with E-state index in [1.54, 1.807) is 36.9 Å². The highest BCUT2D eigenvalue weighted by molar-refractivity contribution is 7.89. The summed E-state index contributed by atoms with van der Waals surface area (Å²) in [6.45, 7) is 7.45. The molecule has 0 aliphatic carbocycles. The van der Waals surface area contributed by atoms with Crippen LogP contribution in [-0.4, -0.2) is 42.5 Å². The van der Waals surface area contributed by atoms with Gasteiger partial charge in [-0.15, -0.1) is 0 Å². The molecule has 0 unspecified atom stereocenters. The van der Waals surface area contributed by atoms with Gasteiger partial charge in [-0.25, -0.2) is 17.4 Å². The van der Waals surface area contributed by atoms with Gasteiger partial charge in [-0.05, 0) is 51.0 Å². The summed E-state index contributed by atoms with van der Waals surface area (Å²) in [5.74, 6) is 0.191. The summed E-state index contributed by atoms with van der Waals surface area (Å²) in [5, 5.41) is 6.97. The highest BCUT2D eigenvalue weighted by atomic mass is 32.2. The van der Waals surface area contributed by atoms with Gasteiger partial charge in [0.05, 0.1) is 11.1 Å². The van der Waals surface area contributed by atoms with Crippen molar-refractivity contribution in [1.29, 1.82) is 0 Å². The van der Waals surface area contributed by atoms with E-state index >= 15 is 0 Å². The Morgan fingerprint density at radius 3 is 2.44 bits per heavy atom. The molecule has 0 saturated heterocycles. The van der Waals surface area contributed by atoms with Gasteiger partial charge in [0.1, 0.15) is 5.82 Å². The number of carbonyl (C=O) groups excluding carboxylic acids is 1. The lowest BCUT2D eigenvalue weighted by Crippen LogP contribution is -2.24. The number of nitrogens with zero attached hydrogens (tertiary/aromatic N) is 3. The summed E-state index contributed by atoms with van der Waals surface area (Å²) in [6.07, 6.45) is 1.61. The minimum atomic E-state index is -3.63. The SMILES string of the molecule is Cc1cc(C(=O)Nc2ccnn2C(C)C)cc(S(=O)(=O)N(C)C)c1C. The number of anilines is 1. The van der Waals surface area contributed by atoms with Crippen molar-refractivity contribution < 1.29 is 13.2 Å². The number of benzene rings is 1. The van der Waals surface area contributed by atoms with Crippen LogP contribution in [0.25, 0.3) is 0 Å². The van der Waals surface area contributed by atoms with Crippen molar-refractivity contribution in [3.05, 3.63) is 41.1 Å². The Hall–Kier alpha value is -2.19. The van der Waals surface area contributed by atoms with Crippen molar-refractivity contribution in [2.45, 2.75) is 38.6 Å². The molecule has 1 aromatic carbocycles. The fourth-order valence-corrected chi connectivity index (χ4v) is 3.65. The lowest BCUT2D eigenvalue weighted by Gasteiger charge is -2.17. The first-order valence-corrected chi connectivity index (χ1v) is 9.38. The Balaban J connectivity index is 2.45. The van der Waals surface area contributed by atoms with E-state index in [1.165, 1.54) is 20.2 Å². The maximum absolute atomic E-state index is 12.6. The predicted molar refractivity (Wildman–Crippen MR) is 97.4 cm³/mol. The fraction of sp³-hybridized carbons (Fsp3) is 0.412. The third kappa shape index (κ3) is 3.74. The van der Waals surface area contributed by atoms with Crippen LogP contribution in [0.2, 0.25) is 0 Å². The summed E-state index contributed by atoms with van der Waals surface area (Å²) in [4.78, 5) is 12.8. The van der Waals surface area contributed by atoms with Gasteiger partial charge in [-0.3, -0.25) is 4.79 Å². The third-order valence-electron chi connectivity index (χ3n) is 4.04. The van der Waals surface area contributed by atoms with Crippen LogP contribution in [0, 0.1) is 13.8 Å². The van der Waals surface area contributed by atoms with Crippen LogP contribution < -0.4 is 5.32 Å². The van der Waals surface area contributed by atoms with Gasteiger partial charge in [-0.2, -0.15) is 5.10 Å². The fourth-order valence-electron chi connectivity index (χ4n) is 2.44. The number of aromatic nitrogens is 2. The number of amides is 1. The number of aryl methyl sites for hydroxylation is 1. The second-order valence-corrected chi connectivity index (χ2v) is 8.53. The van der Waals surface area contributed by atoms with E-state index in [0.29, 0.717) is 16.9 Å². The second kappa shape index (κ2) is 6.97. The maximum atomic E-state index is 12.6. The molecule has 25 heavy (non-hydrogen) atoms. The molecule has 0 bridgehead atoms. The summed E-state index contributed by atoms with van der Waals surface area (Å²) in [5.41, 5.74) is 1.67. The summed E-state index contributed by atoms with van der Waals surface area (Å²) in [6, 6.07) is 4.91. The molecule has 1 N–H and O–H groups in total. The topological polar surface area (TPSA) is 84.3 Å². The predicted octanol–water partition coefficient (Wildman–Crippen LogP) is 2.58. The van der Waals surface area contributed by atoms with Gasteiger partial charge in [0.15, 0.2) is 0 Å². The molecule has 0 saturated carbocycles. The molecule has 0 radical (unpaired) electrons. The average molecular weight is 364 g/mol. The van der Waals surface area contributed by atoms with Crippen molar-refractivity contribution in [2.75, 3.05) is 19.4 Å². The lowest BCUT2D eigenvalue weighted by molar-refractivity contribution is 0.102. The molecule has 8 heteroatoms. The van der Waals surface area contributed by atoms with Crippen molar-refractivity contribution in [3.63, 3.8) is 0 Å². The van der Waals surface area contributed by atoms with Crippen LogP contribution in [-0.2, 0) is 10.0 Å². The average Bonchev–Trinajstić information content (AvgIpc) is 2.97. The van der Waals surface area contributed by atoms with E-state index in [1.807, 2.05) is 13.8 Å². The van der Waals surface area contributed by atoms with E-state index < -0.39 is 10.0 Å². The lowest BCUT2D eigenvalue weighted by atomic mass is 10.1. The molecule has 2 aromatic rings. The quantitative estimate of drug-likeness (QED) is 0.884. The van der Waals surface area contributed by atoms with E-state index in [4.69, 9.17) is 0 Å². The van der Waals surface area contributed by atoms with Crippen LogP contribution in [0.15, 0.2) is 29.3 Å². The number of sulfonamides is 1. The Bertz CT molecular complexity index is 899. The second-order valence-electron chi connectivity index (χ2n) is 6.41. The molecule has 0 aliphatic rings. The highest BCUT2D eigenvalue weighted by Crippen LogP contribution is 2.24. The molecule has 1 aromatic heterocycles. The molecule has 0 aliphatic heterocycles. The molecular formula is C17H24N4O3S. The van der Waals surface area contributed by atoms with E-state index in [-0.39, 0.29) is 16.8 Å². The van der Waals surface area contributed by atoms with E-state index in [0.717, 1.165) is 9.87 Å². The van der Waals surface area contributed by atoms with Crippen LogP contribution in [0.1, 0.15) is 41.4 Å². The Kier molecular flexibility index (Phi) is 5.34. The van der Waals surface area contributed by atoms with Gasteiger partial charge in [-0.1, -0.05) is 0 Å². The number of hydrogen-bond acceptors (Lipinski definition) is 4. The monoisotopic (exact) mass is 364 g/mol. The normalized spacial score (nSPS) is 12.0. The van der Waals surface area contributed by atoms with Crippen LogP contribution in [0.4, 0.5) is 5.82 Å². The van der Waals surface area contributed by atoms with Crippen molar-refractivity contribution in [2.24, 2.45) is 0 Å². The van der Waals surface area contributed by atoms with Gasteiger partial charge in [0.25, 0.3) is 5.91 Å². The van der Waals surface area contributed by atoms with E-state index in [2.05, 4.69) is 10.4 Å². The van der Waals surface area contributed by atoms with Crippen LogP contribution in [0.3, 0.4) is 0 Å². The number of hydrogen-bond donors (Lipinski definition) is 1. The number of rotatable bonds is 5. The molecule has 2 rings (SSSR count). The van der Waals surface area contributed by atoms with Gasteiger partial charge < -0.3 is 5.32 Å². The Labute approximate surface area is 148 Å². The smallest absolute Gasteiger partial charge is 0.256 e. The first kappa shape index (κ1) is 19.1. The summed E-state index contributed by atoms with van der Waals surface area (Å²) in [7, 11) is -0.693. The van der Waals surface area contributed by atoms with Gasteiger partial charge in [0.2, 0.25) is 10.0 Å². The molecule has 1 heterocycles. The van der Waals surface area contributed by atoms with Gasteiger partial charge in [0, 0.05) is 31.8 Å². The molecular weight excluding hydrogens is 340 g/mol. The summed E-state index contributed by atoms with van der Waals surface area (Å²) >= 11 is 0. The zero-order valence-electron chi connectivity index (χ0n) is 15.4.